The van der Waals surface area contributed by atoms with Crippen molar-refractivity contribution in [2.75, 3.05) is 11.5 Å². The number of nitrogens with two attached hydrogens (primary N) is 2. The van der Waals surface area contributed by atoms with Gasteiger partial charge < -0.3 is 11.5 Å². The molecule has 0 aromatic heterocycles. The molecule has 0 fully saturated rings. The fraction of sp³-hybridized carbons (Fsp3) is 0.278. The minimum absolute atomic E-state index is 0.0274. The van der Waals surface area contributed by atoms with E-state index in [0.717, 1.165) is 12.1 Å². The van der Waals surface area contributed by atoms with Crippen LogP contribution >= 0.6 is 0 Å². The lowest BCUT2D eigenvalue weighted by Gasteiger charge is -2.40. The van der Waals surface area contributed by atoms with Crippen LogP contribution in [0.3, 0.4) is 0 Å². The second-order valence-electron chi connectivity index (χ2n) is 6.78. The topological polar surface area (TPSA) is 98.5 Å². The molecule has 0 aliphatic carbocycles. The molecule has 2 aromatic rings. The lowest BCUT2D eigenvalue weighted by Crippen LogP contribution is -2.55. The molecule has 0 radical (unpaired) electrons. The molecule has 5 nitrogen and oxygen atoms in total. The third-order valence-corrected chi connectivity index (χ3v) is 7.52. The summed E-state index contributed by atoms with van der Waals surface area (Å²) in [4.78, 5) is 4.31. The molecule has 1 heterocycles. The monoisotopic (exact) mass is 379 g/mol. The molecule has 2 aromatic carbocycles. The van der Waals surface area contributed by atoms with Gasteiger partial charge in [0.2, 0.25) is 0 Å². The molecule has 1 aliphatic heterocycles. The average Bonchev–Trinajstić information content (AvgIpc) is 2.54. The third-order valence-electron chi connectivity index (χ3n) is 4.91. The van der Waals surface area contributed by atoms with Crippen molar-refractivity contribution >= 4 is 21.4 Å². The summed E-state index contributed by atoms with van der Waals surface area (Å²) in [6.07, 6.45) is 0. The SMILES string of the molecule is CC1(c2cc(N)ccc2F)CS(=O)(=O)C(C)(c2ccccc2F)C(N)=N1. The van der Waals surface area contributed by atoms with Crippen molar-refractivity contribution in [2.45, 2.75) is 24.1 Å². The molecule has 4 N–H and O–H groups in total. The molecular weight excluding hydrogens is 360 g/mol. The number of nitrogens with zero attached hydrogens (tertiary/aromatic N) is 1. The fourth-order valence-corrected chi connectivity index (χ4v) is 5.44. The first-order chi connectivity index (χ1) is 12.0. The predicted octanol–water partition coefficient (Wildman–Crippen LogP) is 2.46. The molecular formula is C18H19F2N3O2S. The second-order valence-corrected chi connectivity index (χ2v) is 9.12. The zero-order chi connectivity index (χ0) is 19.3. The van der Waals surface area contributed by atoms with Gasteiger partial charge in [-0.25, -0.2) is 17.2 Å². The smallest absolute Gasteiger partial charge is 0.169 e. The fourth-order valence-electron chi connectivity index (χ4n) is 3.33. The summed E-state index contributed by atoms with van der Waals surface area (Å²) in [6, 6.07) is 9.37. The van der Waals surface area contributed by atoms with Gasteiger partial charge in [-0.2, -0.15) is 0 Å². The van der Waals surface area contributed by atoms with E-state index in [1.165, 1.54) is 44.2 Å². The Kier molecular flexibility index (Phi) is 4.06. The van der Waals surface area contributed by atoms with E-state index in [-0.39, 0.29) is 22.6 Å². The van der Waals surface area contributed by atoms with E-state index in [2.05, 4.69) is 4.99 Å². The standard InChI is InChI=1S/C18H19F2N3O2S/c1-17(13-9-11(21)7-8-15(13)20)10-26(24,25)18(2,16(22)23-17)12-5-3-4-6-14(12)19/h3-9H,10,21H2,1-2H3,(H2,22,23). The maximum atomic E-state index is 14.3. The Morgan fingerprint density at radius 3 is 2.23 bits per heavy atom. The van der Waals surface area contributed by atoms with Crippen LogP contribution < -0.4 is 11.5 Å². The maximum Gasteiger partial charge on any atom is 0.169 e. The lowest BCUT2D eigenvalue weighted by atomic mass is 9.91. The summed E-state index contributed by atoms with van der Waals surface area (Å²) in [7, 11) is -4.04. The number of aliphatic imine (C=N–C) groups is 1. The number of amidine groups is 1. The number of rotatable bonds is 2. The first-order valence-corrected chi connectivity index (χ1v) is 9.55. The minimum Gasteiger partial charge on any atom is -0.399 e. The van der Waals surface area contributed by atoms with E-state index in [9.17, 15) is 17.2 Å². The second kappa shape index (κ2) is 5.77. The first-order valence-electron chi connectivity index (χ1n) is 7.90. The van der Waals surface area contributed by atoms with E-state index < -0.39 is 37.5 Å². The first kappa shape index (κ1) is 18.3. The van der Waals surface area contributed by atoms with Crippen molar-refractivity contribution in [1.82, 2.24) is 0 Å². The molecule has 2 unspecified atom stereocenters. The summed E-state index contributed by atoms with van der Waals surface area (Å²) in [6.45, 7) is 2.78. The Morgan fingerprint density at radius 1 is 1.00 bits per heavy atom. The van der Waals surface area contributed by atoms with Crippen LogP contribution in [0.5, 0.6) is 0 Å². The van der Waals surface area contributed by atoms with Gasteiger partial charge in [0.15, 0.2) is 14.6 Å². The van der Waals surface area contributed by atoms with Crippen molar-refractivity contribution in [2.24, 2.45) is 10.7 Å². The van der Waals surface area contributed by atoms with Crippen molar-refractivity contribution in [3.05, 3.63) is 65.2 Å². The van der Waals surface area contributed by atoms with Crippen molar-refractivity contribution in [3.8, 4) is 0 Å². The molecule has 2 atom stereocenters. The van der Waals surface area contributed by atoms with E-state index in [0.29, 0.717) is 0 Å². The van der Waals surface area contributed by atoms with Crippen LogP contribution in [0.1, 0.15) is 25.0 Å². The van der Waals surface area contributed by atoms with Gasteiger partial charge in [-0.3, -0.25) is 4.99 Å². The Bertz CT molecular complexity index is 1020. The summed E-state index contributed by atoms with van der Waals surface area (Å²) >= 11 is 0. The van der Waals surface area contributed by atoms with Gasteiger partial charge >= 0.3 is 0 Å². The molecule has 3 rings (SSSR count). The number of halogens is 2. The van der Waals surface area contributed by atoms with E-state index in [1.54, 1.807) is 0 Å². The summed E-state index contributed by atoms with van der Waals surface area (Å²) in [5.41, 5.74) is 10.5. The largest absolute Gasteiger partial charge is 0.399 e. The third kappa shape index (κ3) is 2.56. The number of hydrogen-bond donors (Lipinski definition) is 2. The van der Waals surface area contributed by atoms with Gasteiger partial charge in [0.05, 0.1) is 5.75 Å². The molecule has 26 heavy (non-hydrogen) atoms. The lowest BCUT2D eigenvalue weighted by molar-refractivity contribution is 0.470. The summed E-state index contributed by atoms with van der Waals surface area (Å²) in [5.74, 6) is -2.16. The predicted molar refractivity (Wildman–Crippen MR) is 97.3 cm³/mol. The molecule has 8 heteroatoms. The highest BCUT2D eigenvalue weighted by molar-refractivity contribution is 7.93. The molecule has 0 amide bonds. The molecule has 0 saturated heterocycles. The van der Waals surface area contributed by atoms with Gasteiger partial charge in [0.1, 0.15) is 23.0 Å². The van der Waals surface area contributed by atoms with Crippen LogP contribution in [0, 0.1) is 11.6 Å². The van der Waals surface area contributed by atoms with E-state index in [1.807, 2.05) is 0 Å². The highest BCUT2D eigenvalue weighted by atomic mass is 32.2. The Balaban J connectivity index is 2.26. The molecule has 1 aliphatic rings. The van der Waals surface area contributed by atoms with Crippen LogP contribution in [0.2, 0.25) is 0 Å². The van der Waals surface area contributed by atoms with Gasteiger partial charge in [-0.1, -0.05) is 18.2 Å². The van der Waals surface area contributed by atoms with E-state index in [4.69, 9.17) is 11.5 Å². The number of hydrogen-bond acceptors (Lipinski definition) is 5. The van der Waals surface area contributed by atoms with Crippen LogP contribution in [0.15, 0.2) is 47.5 Å². The number of anilines is 1. The van der Waals surface area contributed by atoms with E-state index >= 15 is 0 Å². The Labute approximate surface area is 150 Å². The molecule has 0 bridgehead atoms. The van der Waals surface area contributed by atoms with Crippen molar-refractivity contribution in [3.63, 3.8) is 0 Å². The number of sulfone groups is 1. The zero-order valence-electron chi connectivity index (χ0n) is 14.3. The highest BCUT2D eigenvalue weighted by Crippen LogP contribution is 2.43. The Morgan fingerprint density at radius 2 is 1.62 bits per heavy atom. The quantitative estimate of drug-likeness (QED) is 0.783. The Hall–Kier alpha value is -2.48. The van der Waals surface area contributed by atoms with Crippen LogP contribution in [0.4, 0.5) is 14.5 Å². The van der Waals surface area contributed by atoms with Crippen molar-refractivity contribution < 1.29 is 17.2 Å². The number of nitrogen functional groups attached to an aromatic ring is 1. The average molecular weight is 379 g/mol. The maximum absolute atomic E-state index is 14.3. The van der Waals surface area contributed by atoms with Gasteiger partial charge in [0.25, 0.3) is 0 Å². The highest BCUT2D eigenvalue weighted by Gasteiger charge is 2.54. The van der Waals surface area contributed by atoms with Crippen LogP contribution in [-0.2, 0) is 20.1 Å². The molecule has 138 valence electrons. The normalized spacial score (nSPS) is 27.8. The zero-order valence-corrected chi connectivity index (χ0v) is 15.1. The molecule has 0 spiro atoms. The van der Waals surface area contributed by atoms with Crippen LogP contribution in [0.25, 0.3) is 0 Å². The minimum atomic E-state index is -4.04. The number of benzene rings is 2. The summed E-state index contributed by atoms with van der Waals surface area (Å²) < 4.78 is 53.2. The van der Waals surface area contributed by atoms with Gasteiger partial charge in [0, 0.05) is 16.8 Å². The van der Waals surface area contributed by atoms with Crippen molar-refractivity contribution in [1.29, 1.82) is 0 Å². The van der Waals surface area contributed by atoms with Gasteiger partial charge in [-0.05, 0) is 38.1 Å². The van der Waals surface area contributed by atoms with Gasteiger partial charge in [-0.15, -0.1) is 0 Å². The molecule has 0 saturated carbocycles. The summed E-state index contributed by atoms with van der Waals surface area (Å²) in [5, 5.41) is 0. The van der Waals surface area contributed by atoms with Crippen LogP contribution in [-0.4, -0.2) is 20.0 Å².